The minimum atomic E-state index is -0.773. The lowest BCUT2D eigenvalue weighted by Crippen LogP contribution is -2.33. The number of benzene rings is 2. The number of amides is 1. The number of anilines is 1. The molecule has 1 atom stereocenters. The van der Waals surface area contributed by atoms with Crippen molar-refractivity contribution < 1.29 is 19.4 Å². The van der Waals surface area contributed by atoms with Crippen molar-refractivity contribution in [2.75, 3.05) is 12.0 Å². The molecule has 0 aromatic heterocycles. The number of para-hydroxylation sites is 1. The Bertz CT molecular complexity index is 997. The van der Waals surface area contributed by atoms with Crippen LogP contribution in [0.5, 0.6) is 5.75 Å². The van der Waals surface area contributed by atoms with Gasteiger partial charge in [-0.3, -0.25) is 14.5 Å². The molecular weight excluding hydrogens is 378 g/mol. The van der Waals surface area contributed by atoms with Gasteiger partial charge in [-0.05, 0) is 29.7 Å². The molecule has 1 heterocycles. The van der Waals surface area contributed by atoms with Gasteiger partial charge in [0.15, 0.2) is 11.5 Å². The second-order valence-corrected chi connectivity index (χ2v) is 8.91. The van der Waals surface area contributed by atoms with E-state index >= 15 is 0 Å². The Morgan fingerprint density at radius 3 is 2.20 bits per heavy atom. The molecule has 0 radical (unpaired) electrons. The van der Waals surface area contributed by atoms with Crippen molar-refractivity contribution in [2.24, 2.45) is 5.41 Å². The van der Waals surface area contributed by atoms with Crippen molar-refractivity contribution >= 4 is 17.4 Å². The van der Waals surface area contributed by atoms with Gasteiger partial charge in [-0.2, -0.15) is 0 Å². The summed E-state index contributed by atoms with van der Waals surface area (Å²) >= 11 is 0. The first kappa shape index (κ1) is 21.6. The zero-order valence-electron chi connectivity index (χ0n) is 18.4. The monoisotopic (exact) mass is 407 g/mol. The number of carbonyl (C=O) groups is 2. The number of Topliss-reactive ketones (excluding diaryl/α,β-unsaturated/α-hetero) is 1. The molecule has 0 saturated heterocycles. The Kier molecular flexibility index (Phi) is 5.75. The zero-order valence-corrected chi connectivity index (χ0v) is 18.4. The van der Waals surface area contributed by atoms with E-state index < -0.39 is 23.1 Å². The standard InChI is InChI=1S/C25H29NO4/c1-15(2)16-11-13-17(14-12-16)26-21(18-9-7-8-10-19(18)30-6)20(22(27)24(26)29)23(28)25(3,4)5/h7-15,21,27H,1-6H3. The molecule has 5 nitrogen and oxygen atoms in total. The van der Waals surface area contributed by atoms with Gasteiger partial charge >= 0.3 is 0 Å². The highest BCUT2D eigenvalue weighted by Crippen LogP contribution is 2.45. The Labute approximate surface area is 178 Å². The lowest BCUT2D eigenvalue weighted by molar-refractivity contribution is -0.123. The van der Waals surface area contributed by atoms with Crippen LogP contribution in [0, 0.1) is 5.41 Å². The molecule has 2 aromatic carbocycles. The largest absolute Gasteiger partial charge is 0.503 e. The number of nitrogens with zero attached hydrogens (tertiary/aromatic N) is 1. The summed E-state index contributed by atoms with van der Waals surface area (Å²) in [6, 6.07) is 14.1. The predicted molar refractivity (Wildman–Crippen MR) is 118 cm³/mol. The first-order chi connectivity index (χ1) is 14.1. The fourth-order valence-electron chi connectivity index (χ4n) is 3.71. The molecule has 1 N–H and O–H groups in total. The average Bonchev–Trinajstić information content (AvgIpc) is 2.97. The molecule has 3 rings (SSSR count). The van der Waals surface area contributed by atoms with Crippen molar-refractivity contribution in [2.45, 2.75) is 46.6 Å². The minimum absolute atomic E-state index is 0.102. The van der Waals surface area contributed by atoms with Crippen molar-refractivity contribution in [3.63, 3.8) is 0 Å². The summed E-state index contributed by atoms with van der Waals surface area (Å²) in [6.07, 6.45) is 0. The zero-order chi connectivity index (χ0) is 22.2. The minimum Gasteiger partial charge on any atom is -0.503 e. The van der Waals surface area contributed by atoms with Gasteiger partial charge in [0.1, 0.15) is 5.75 Å². The van der Waals surface area contributed by atoms with E-state index in [2.05, 4.69) is 13.8 Å². The molecule has 0 fully saturated rings. The Morgan fingerprint density at radius 2 is 1.67 bits per heavy atom. The van der Waals surface area contributed by atoms with Crippen LogP contribution in [0.15, 0.2) is 59.9 Å². The number of hydrogen-bond donors (Lipinski definition) is 1. The Morgan fingerprint density at radius 1 is 1.07 bits per heavy atom. The van der Waals surface area contributed by atoms with Crippen LogP contribution in [0.3, 0.4) is 0 Å². The van der Waals surface area contributed by atoms with E-state index in [1.165, 1.54) is 4.90 Å². The number of aliphatic hydroxyl groups excluding tert-OH is 1. The van der Waals surface area contributed by atoms with Crippen LogP contribution in [0.1, 0.15) is 57.7 Å². The van der Waals surface area contributed by atoms with E-state index in [0.717, 1.165) is 5.56 Å². The van der Waals surface area contributed by atoms with Crippen LogP contribution < -0.4 is 9.64 Å². The van der Waals surface area contributed by atoms with Crippen LogP contribution >= 0.6 is 0 Å². The molecule has 1 aliphatic heterocycles. The van der Waals surface area contributed by atoms with Crippen LogP contribution in [-0.4, -0.2) is 23.9 Å². The van der Waals surface area contributed by atoms with E-state index in [1.807, 2.05) is 42.5 Å². The van der Waals surface area contributed by atoms with Crippen LogP contribution in [0.25, 0.3) is 0 Å². The SMILES string of the molecule is COc1ccccc1C1C(C(=O)C(C)(C)C)=C(O)C(=O)N1c1ccc(C(C)C)cc1. The number of carbonyl (C=O) groups excluding carboxylic acids is 2. The van der Waals surface area contributed by atoms with Crippen molar-refractivity contribution in [3.8, 4) is 5.75 Å². The molecule has 2 aromatic rings. The normalized spacial score (nSPS) is 17.1. The summed E-state index contributed by atoms with van der Waals surface area (Å²) in [4.78, 5) is 27.9. The van der Waals surface area contributed by atoms with Gasteiger partial charge in [-0.1, -0.05) is 65.0 Å². The quantitative estimate of drug-likeness (QED) is 0.727. The second kappa shape index (κ2) is 7.98. The highest BCUT2D eigenvalue weighted by atomic mass is 16.5. The van der Waals surface area contributed by atoms with E-state index in [0.29, 0.717) is 22.9 Å². The molecule has 30 heavy (non-hydrogen) atoms. The molecule has 1 unspecified atom stereocenters. The summed E-state index contributed by atoms with van der Waals surface area (Å²) in [7, 11) is 1.55. The highest BCUT2D eigenvalue weighted by Gasteiger charge is 2.47. The molecule has 5 heteroatoms. The Balaban J connectivity index is 2.21. The van der Waals surface area contributed by atoms with Gasteiger partial charge in [0.05, 0.1) is 18.7 Å². The maximum atomic E-state index is 13.3. The van der Waals surface area contributed by atoms with Gasteiger partial charge < -0.3 is 9.84 Å². The van der Waals surface area contributed by atoms with E-state index in [-0.39, 0.29) is 11.4 Å². The summed E-state index contributed by atoms with van der Waals surface area (Å²) in [5.41, 5.74) is 1.75. The van der Waals surface area contributed by atoms with Gasteiger partial charge in [0.2, 0.25) is 0 Å². The molecule has 1 aliphatic rings. The lowest BCUT2D eigenvalue weighted by Gasteiger charge is -2.30. The first-order valence-electron chi connectivity index (χ1n) is 10.1. The summed E-state index contributed by atoms with van der Waals surface area (Å²) < 4.78 is 5.52. The van der Waals surface area contributed by atoms with Gasteiger partial charge in [0, 0.05) is 16.7 Å². The lowest BCUT2D eigenvalue weighted by atomic mass is 9.82. The number of aliphatic hydroxyl groups is 1. The van der Waals surface area contributed by atoms with E-state index in [4.69, 9.17) is 4.74 Å². The van der Waals surface area contributed by atoms with Crippen LogP contribution in [-0.2, 0) is 9.59 Å². The molecule has 0 saturated carbocycles. The molecule has 0 aliphatic carbocycles. The third-order valence-electron chi connectivity index (χ3n) is 5.41. The van der Waals surface area contributed by atoms with E-state index in [1.54, 1.807) is 33.9 Å². The molecular formula is C25H29NO4. The maximum Gasteiger partial charge on any atom is 0.294 e. The van der Waals surface area contributed by atoms with Crippen LogP contribution in [0.4, 0.5) is 5.69 Å². The third kappa shape index (κ3) is 3.72. The first-order valence-corrected chi connectivity index (χ1v) is 10.1. The number of rotatable bonds is 5. The average molecular weight is 408 g/mol. The molecule has 0 bridgehead atoms. The molecule has 0 spiro atoms. The highest BCUT2D eigenvalue weighted by molar-refractivity contribution is 6.17. The predicted octanol–water partition coefficient (Wildman–Crippen LogP) is 5.33. The van der Waals surface area contributed by atoms with Crippen molar-refractivity contribution in [1.29, 1.82) is 0 Å². The number of hydrogen-bond acceptors (Lipinski definition) is 4. The van der Waals surface area contributed by atoms with Gasteiger partial charge in [-0.15, -0.1) is 0 Å². The third-order valence-corrected chi connectivity index (χ3v) is 5.41. The Hall–Kier alpha value is -3.08. The topological polar surface area (TPSA) is 66.8 Å². The number of ether oxygens (including phenoxy) is 1. The van der Waals surface area contributed by atoms with Gasteiger partial charge in [-0.25, -0.2) is 0 Å². The molecule has 1 amide bonds. The van der Waals surface area contributed by atoms with Crippen LogP contribution in [0.2, 0.25) is 0 Å². The number of methoxy groups -OCH3 is 1. The fourth-order valence-corrected chi connectivity index (χ4v) is 3.71. The smallest absolute Gasteiger partial charge is 0.294 e. The number of ketones is 1. The second-order valence-electron chi connectivity index (χ2n) is 8.91. The van der Waals surface area contributed by atoms with Crippen molar-refractivity contribution in [1.82, 2.24) is 0 Å². The summed E-state index contributed by atoms with van der Waals surface area (Å²) in [5, 5.41) is 10.8. The molecule has 158 valence electrons. The van der Waals surface area contributed by atoms with Gasteiger partial charge in [0.25, 0.3) is 5.91 Å². The summed E-state index contributed by atoms with van der Waals surface area (Å²) in [5.74, 6) is -0.462. The fraction of sp³-hybridized carbons (Fsp3) is 0.360. The maximum absolute atomic E-state index is 13.3. The van der Waals surface area contributed by atoms with Crippen molar-refractivity contribution in [3.05, 3.63) is 71.0 Å². The van der Waals surface area contributed by atoms with E-state index in [9.17, 15) is 14.7 Å². The summed E-state index contributed by atoms with van der Waals surface area (Å²) in [6.45, 7) is 9.53.